The Morgan fingerprint density at radius 2 is 1.65 bits per heavy atom. The van der Waals surface area contributed by atoms with E-state index < -0.39 is 75.3 Å². The molecule has 0 bridgehead atoms. The lowest BCUT2D eigenvalue weighted by molar-refractivity contribution is -0.143. The van der Waals surface area contributed by atoms with Crippen LogP contribution in [0.25, 0.3) is 0 Å². The van der Waals surface area contributed by atoms with Gasteiger partial charge in [0.25, 0.3) is 5.91 Å². The normalized spacial score (nSPS) is 24.5. The largest absolute Gasteiger partial charge is 0.363 e. The average Bonchev–Trinajstić information content (AvgIpc) is 3.32. The quantitative estimate of drug-likeness (QED) is 0.174. The predicted molar refractivity (Wildman–Crippen MR) is 171 cm³/mol. The number of amides is 6. The Hall–Kier alpha value is -3.38. The number of fused-ring (bicyclic) bond motifs is 2. The fraction of sp³-hybridized carbons (Fsp3) is 0.625. The topological polar surface area (TPSA) is 180 Å². The number of nitrogens with two attached hydrogens (primary N) is 1. The van der Waals surface area contributed by atoms with Crippen molar-refractivity contribution >= 4 is 58.6 Å². The molecule has 4 aliphatic rings. The van der Waals surface area contributed by atoms with Crippen LogP contribution in [0.5, 0.6) is 0 Å². The molecular weight excluding hydrogens is 635 g/mol. The van der Waals surface area contributed by atoms with Gasteiger partial charge in [-0.15, -0.1) is 23.2 Å². The van der Waals surface area contributed by atoms with Crippen LogP contribution < -0.4 is 27.0 Å². The van der Waals surface area contributed by atoms with Gasteiger partial charge in [0.15, 0.2) is 0 Å². The Balaban J connectivity index is 1.35. The average molecular weight is 678 g/mol. The molecule has 1 unspecified atom stereocenters. The van der Waals surface area contributed by atoms with E-state index in [1.807, 2.05) is 45.0 Å². The molecule has 6 amide bonds. The SMILES string of the molecule is CC(C)(C)NC(=O)CNC(=O)N[C@H](C(=O)N1C[C@H]2[C@@H]([C@H]1C(=O)NC(CC1CCC1)C(=O)C(N)=O)C2(Cl)Cl)C1Cc2ccccc2C1. The van der Waals surface area contributed by atoms with E-state index in [1.54, 1.807) is 0 Å². The molecule has 0 spiro atoms. The van der Waals surface area contributed by atoms with Crippen LogP contribution in [0, 0.1) is 23.7 Å². The lowest BCUT2D eigenvalue weighted by Crippen LogP contribution is -2.60. The summed E-state index contributed by atoms with van der Waals surface area (Å²) >= 11 is 13.1. The van der Waals surface area contributed by atoms with E-state index in [0.29, 0.717) is 12.8 Å². The van der Waals surface area contributed by atoms with Gasteiger partial charge in [-0.1, -0.05) is 43.5 Å². The zero-order valence-corrected chi connectivity index (χ0v) is 27.7. The zero-order chi connectivity index (χ0) is 33.6. The summed E-state index contributed by atoms with van der Waals surface area (Å²) in [5, 5.41) is 10.8. The highest BCUT2D eigenvalue weighted by Crippen LogP contribution is 2.65. The second kappa shape index (κ2) is 13.0. The smallest absolute Gasteiger partial charge is 0.315 e. The molecule has 1 aliphatic heterocycles. The maximum Gasteiger partial charge on any atom is 0.315 e. The van der Waals surface area contributed by atoms with Crippen LogP contribution in [0.15, 0.2) is 24.3 Å². The van der Waals surface area contributed by atoms with Crippen LogP contribution in [0.2, 0.25) is 0 Å². The fourth-order valence-electron chi connectivity index (χ4n) is 7.06. The number of benzene rings is 1. The highest BCUT2D eigenvalue weighted by molar-refractivity contribution is 6.51. The first-order chi connectivity index (χ1) is 21.6. The standard InChI is InChI=1S/C32H42Cl2N6O6/c1-31(2,3)39-22(41)14-36-30(46)38-24(19-12-17-9-4-5-10-18(17)13-19)29(45)40-15-20-23(32(20,33)34)25(40)28(44)37-21(26(42)27(35)43)11-16-7-6-8-16/h4-5,9-10,16,19-21,23-25H,6-8,11-15H2,1-3H3,(H2,35,43)(H,37,44)(H,39,41)(H2,36,38,46)/t20-,21?,23-,24-,25-/m0/s1. The molecule has 0 radical (unpaired) electrons. The van der Waals surface area contributed by atoms with Gasteiger partial charge in [-0.3, -0.25) is 24.0 Å². The number of hydrogen-bond donors (Lipinski definition) is 5. The highest BCUT2D eigenvalue weighted by atomic mass is 35.5. The van der Waals surface area contributed by atoms with Gasteiger partial charge in [-0.2, -0.15) is 0 Å². The summed E-state index contributed by atoms with van der Waals surface area (Å²) in [6.07, 6.45) is 4.05. The number of nitrogens with zero attached hydrogens (tertiary/aromatic N) is 1. The third-order valence-electron chi connectivity index (χ3n) is 9.58. The van der Waals surface area contributed by atoms with Crippen molar-refractivity contribution in [1.29, 1.82) is 0 Å². The number of Topliss-reactive ketones (excluding diaryl/α,β-unsaturated/α-hetero) is 1. The van der Waals surface area contributed by atoms with Crippen molar-refractivity contribution in [2.45, 2.75) is 87.3 Å². The van der Waals surface area contributed by atoms with Crippen LogP contribution >= 0.6 is 23.2 Å². The molecule has 0 aromatic heterocycles. The highest BCUT2D eigenvalue weighted by Gasteiger charge is 2.74. The molecule has 46 heavy (non-hydrogen) atoms. The van der Waals surface area contributed by atoms with Crippen molar-refractivity contribution in [1.82, 2.24) is 26.2 Å². The van der Waals surface area contributed by atoms with Crippen LogP contribution in [0.4, 0.5) is 4.79 Å². The third-order valence-corrected chi connectivity index (χ3v) is 10.6. The molecule has 1 aromatic carbocycles. The number of halogens is 2. The summed E-state index contributed by atoms with van der Waals surface area (Å²) in [7, 11) is 0. The minimum atomic E-state index is -1.25. The van der Waals surface area contributed by atoms with Gasteiger partial charge in [-0.25, -0.2) is 4.79 Å². The molecule has 5 rings (SSSR count). The summed E-state index contributed by atoms with van der Waals surface area (Å²) in [5.41, 5.74) is 6.92. The van der Waals surface area contributed by atoms with E-state index >= 15 is 0 Å². The van der Waals surface area contributed by atoms with Crippen molar-refractivity contribution < 1.29 is 28.8 Å². The van der Waals surface area contributed by atoms with Gasteiger partial charge in [0.2, 0.25) is 23.5 Å². The Kier molecular flexibility index (Phi) is 9.62. The number of ketones is 1. The molecule has 1 aromatic rings. The molecule has 2 saturated carbocycles. The lowest BCUT2D eigenvalue weighted by Gasteiger charge is -2.35. The van der Waals surface area contributed by atoms with Gasteiger partial charge in [0.05, 0.1) is 12.6 Å². The number of rotatable bonds is 11. The first-order valence-corrected chi connectivity index (χ1v) is 16.6. The molecule has 250 valence electrons. The molecule has 6 N–H and O–H groups in total. The molecule has 1 heterocycles. The second-order valence-corrected chi connectivity index (χ2v) is 15.5. The summed E-state index contributed by atoms with van der Waals surface area (Å²) < 4.78 is -1.25. The first-order valence-electron chi connectivity index (χ1n) is 15.8. The summed E-state index contributed by atoms with van der Waals surface area (Å²) in [6.45, 7) is 5.23. The second-order valence-electron chi connectivity index (χ2n) is 14.1. The van der Waals surface area contributed by atoms with Gasteiger partial charge in [0.1, 0.15) is 16.4 Å². The van der Waals surface area contributed by atoms with E-state index in [9.17, 15) is 28.8 Å². The van der Waals surface area contributed by atoms with Crippen molar-refractivity contribution in [3.8, 4) is 0 Å². The Morgan fingerprint density at radius 1 is 1.02 bits per heavy atom. The number of hydrogen-bond acceptors (Lipinski definition) is 6. The molecule has 12 nitrogen and oxygen atoms in total. The minimum Gasteiger partial charge on any atom is -0.363 e. The van der Waals surface area contributed by atoms with Crippen molar-refractivity contribution in [3.63, 3.8) is 0 Å². The maximum atomic E-state index is 14.4. The molecule has 14 heteroatoms. The number of alkyl halides is 2. The van der Waals surface area contributed by atoms with E-state index in [1.165, 1.54) is 4.90 Å². The molecule has 3 aliphatic carbocycles. The predicted octanol–water partition coefficient (Wildman–Crippen LogP) is 1.34. The number of primary amides is 1. The summed E-state index contributed by atoms with van der Waals surface area (Å²) in [5.74, 6) is -4.76. The van der Waals surface area contributed by atoms with Crippen LogP contribution in [-0.4, -0.2) is 81.4 Å². The minimum absolute atomic E-state index is 0.0686. The summed E-state index contributed by atoms with van der Waals surface area (Å²) in [4.78, 5) is 79.6. The van der Waals surface area contributed by atoms with Gasteiger partial charge in [-0.05, 0) is 63.0 Å². The number of likely N-dealkylation sites (tertiary alicyclic amines) is 1. The molecule has 5 atom stereocenters. The van der Waals surface area contributed by atoms with Crippen molar-refractivity contribution in [3.05, 3.63) is 35.4 Å². The van der Waals surface area contributed by atoms with Crippen LogP contribution in [0.3, 0.4) is 0 Å². The monoisotopic (exact) mass is 676 g/mol. The maximum absolute atomic E-state index is 14.4. The fourth-order valence-corrected chi connectivity index (χ4v) is 7.89. The van der Waals surface area contributed by atoms with E-state index in [4.69, 9.17) is 28.9 Å². The first kappa shape index (κ1) is 34.0. The molecule has 1 saturated heterocycles. The number of carbonyl (C=O) groups excluding carboxylic acids is 6. The number of urea groups is 1. The van der Waals surface area contributed by atoms with Crippen molar-refractivity contribution in [2.75, 3.05) is 13.1 Å². The van der Waals surface area contributed by atoms with Gasteiger partial charge < -0.3 is 31.9 Å². The lowest BCUT2D eigenvalue weighted by atomic mass is 9.80. The van der Waals surface area contributed by atoms with E-state index in [2.05, 4.69) is 21.3 Å². The van der Waals surface area contributed by atoms with Gasteiger partial charge >= 0.3 is 6.03 Å². The summed E-state index contributed by atoms with van der Waals surface area (Å²) in [6, 6.07) is 3.75. The third kappa shape index (κ3) is 7.27. The zero-order valence-electron chi connectivity index (χ0n) is 26.2. The number of nitrogens with one attached hydrogen (secondary N) is 4. The van der Waals surface area contributed by atoms with E-state index in [-0.39, 0.29) is 31.3 Å². The number of piperidine rings is 1. The van der Waals surface area contributed by atoms with E-state index in [0.717, 1.165) is 30.4 Å². The number of carbonyl (C=O) groups is 6. The van der Waals surface area contributed by atoms with Crippen LogP contribution in [0.1, 0.15) is 57.6 Å². The van der Waals surface area contributed by atoms with Gasteiger partial charge in [0, 0.05) is 23.9 Å². The molecular formula is C32H42Cl2N6O6. The Morgan fingerprint density at radius 3 is 2.20 bits per heavy atom. The molecule has 3 fully saturated rings. The van der Waals surface area contributed by atoms with Crippen LogP contribution in [-0.2, 0) is 36.8 Å². The Bertz CT molecular complexity index is 1400. The Labute approximate surface area is 278 Å². The van der Waals surface area contributed by atoms with Crippen molar-refractivity contribution in [2.24, 2.45) is 29.4 Å².